The van der Waals surface area contributed by atoms with Gasteiger partial charge in [-0.25, -0.2) is 14.0 Å². The quantitative estimate of drug-likeness (QED) is 0.576. The molecule has 102 valence electrons. The van der Waals surface area contributed by atoms with Crippen LogP contribution in [0.25, 0.3) is 17.1 Å². The first-order chi connectivity index (χ1) is 10.4. The summed E-state index contributed by atoms with van der Waals surface area (Å²) < 4.78 is 5.46. The second-order valence-corrected chi connectivity index (χ2v) is 4.56. The summed E-state index contributed by atoms with van der Waals surface area (Å²) in [6.07, 6.45) is 11.0. The molecular weight excluding hydrogens is 264 g/mol. The standard InChI is InChI=1S/C15H12N6/c1-4-16-19(7-1)13-10-14(20-8-2-5-17-20)12-15(11-13)21-9-3-6-18-21/h1-12H. The molecule has 0 aliphatic rings. The summed E-state index contributed by atoms with van der Waals surface area (Å²) in [4.78, 5) is 0. The van der Waals surface area contributed by atoms with Gasteiger partial charge in [-0.3, -0.25) is 0 Å². The second-order valence-electron chi connectivity index (χ2n) is 4.56. The van der Waals surface area contributed by atoms with E-state index in [-0.39, 0.29) is 0 Å². The third-order valence-electron chi connectivity index (χ3n) is 3.19. The van der Waals surface area contributed by atoms with E-state index in [0.717, 1.165) is 17.1 Å². The van der Waals surface area contributed by atoms with Crippen molar-refractivity contribution in [2.45, 2.75) is 0 Å². The maximum Gasteiger partial charge on any atom is 0.0688 e. The zero-order valence-electron chi connectivity index (χ0n) is 11.1. The van der Waals surface area contributed by atoms with Crippen molar-refractivity contribution in [3.05, 3.63) is 73.6 Å². The largest absolute Gasteiger partial charge is 0.241 e. The molecule has 0 atom stereocenters. The highest BCUT2D eigenvalue weighted by atomic mass is 15.3. The fourth-order valence-corrected chi connectivity index (χ4v) is 2.24. The second kappa shape index (κ2) is 4.75. The molecule has 0 aliphatic carbocycles. The van der Waals surface area contributed by atoms with E-state index >= 15 is 0 Å². The van der Waals surface area contributed by atoms with Crippen LogP contribution < -0.4 is 0 Å². The molecule has 0 fully saturated rings. The van der Waals surface area contributed by atoms with E-state index in [9.17, 15) is 0 Å². The summed E-state index contributed by atoms with van der Waals surface area (Å²) >= 11 is 0. The Morgan fingerprint density at radius 2 is 0.857 bits per heavy atom. The fraction of sp³-hybridized carbons (Fsp3) is 0. The summed E-state index contributed by atoms with van der Waals surface area (Å²) in [5.41, 5.74) is 2.87. The van der Waals surface area contributed by atoms with E-state index < -0.39 is 0 Å². The lowest BCUT2D eigenvalue weighted by molar-refractivity contribution is 0.834. The van der Waals surface area contributed by atoms with Crippen molar-refractivity contribution in [2.24, 2.45) is 0 Å². The Morgan fingerprint density at radius 3 is 1.10 bits per heavy atom. The Morgan fingerprint density at radius 1 is 0.524 bits per heavy atom. The molecule has 0 saturated carbocycles. The molecule has 3 heterocycles. The average Bonchev–Trinajstić information content (AvgIpc) is 3.29. The van der Waals surface area contributed by atoms with Gasteiger partial charge in [0, 0.05) is 37.2 Å². The van der Waals surface area contributed by atoms with Crippen LogP contribution in [0.15, 0.2) is 73.6 Å². The molecule has 0 bridgehead atoms. The Labute approximate surface area is 120 Å². The molecule has 0 radical (unpaired) electrons. The zero-order valence-corrected chi connectivity index (χ0v) is 11.1. The molecule has 4 aromatic rings. The van der Waals surface area contributed by atoms with Crippen LogP contribution in [-0.4, -0.2) is 29.3 Å². The molecule has 4 rings (SSSR count). The molecule has 0 aliphatic heterocycles. The predicted molar refractivity (Wildman–Crippen MR) is 77.8 cm³/mol. The molecule has 6 nitrogen and oxygen atoms in total. The lowest BCUT2D eigenvalue weighted by atomic mass is 10.2. The van der Waals surface area contributed by atoms with Gasteiger partial charge in [0.05, 0.1) is 17.1 Å². The van der Waals surface area contributed by atoms with Gasteiger partial charge in [-0.15, -0.1) is 0 Å². The lowest BCUT2D eigenvalue weighted by Crippen LogP contribution is -2.03. The average molecular weight is 276 g/mol. The number of aromatic nitrogens is 6. The van der Waals surface area contributed by atoms with Crippen LogP contribution in [0.4, 0.5) is 0 Å². The summed E-state index contributed by atoms with van der Waals surface area (Å²) in [7, 11) is 0. The van der Waals surface area contributed by atoms with Crippen molar-refractivity contribution >= 4 is 0 Å². The van der Waals surface area contributed by atoms with Gasteiger partial charge >= 0.3 is 0 Å². The van der Waals surface area contributed by atoms with E-state index in [2.05, 4.69) is 15.3 Å². The van der Waals surface area contributed by atoms with Crippen molar-refractivity contribution in [3.8, 4) is 17.1 Å². The topological polar surface area (TPSA) is 53.5 Å². The van der Waals surface area contributed by atoms with Crippen LogP contribution in [0.1, 0.15) is 0 Å². The maximum atomic E-state index is 4.29. The van der Waals surface area contributed by atoms with Crippen LogP contribution in [0.3, 0.4) is 0 Å². The molecule has 0 spiro atoms. The summed E-state index contributed by atoms with van der Waals surface area (Å²) in [5.74, 6) is 0. The van der Waals surface area contributed by atoms with E-state index in [1.807, 2.05) is 69.0 Å². The first-order valence-electron chi connectivity index (χ1n) is 6.55. The third-order valence-corrected chi connectivity index (χ3v) is 3.19. The van der Waals surface area contributed by atoms with Gasteiger partial charge in [-0.05, 0) is 36.4 Å². The molecule has 0 saturated heterocycles. The Balaban J connectivity index is 1.92. The van der Waals surface area contributed by atoms with E-state index in [0.29, 0.717) is 0 Å². The first-order valence-corrected chi connectivity index (χ1v) is 6.55. The molecule has 0 N–H and O–H groups in total. The van der Waals surface area contributed by atoms with Crippen LogP contribution in [0, 0.1) is 0 Å². The molecule has 6 heteroatoms. The van der Waals surface area contributed by atoms with Crippen molar-refractivity contribution in [2.75, 3.05) is 0 Å². The minimum absolute atomic E-state index is 0.957. The van der Waals surface area contributed by atoms with Crippen LogP contribution in [0.5, 0.6) is 0 Å². The SMILES string of the molecule is c1cnn(-c2cc(-n3cccn3)cc(-n3cccn3)c2)c1. The molecule has 0 unspecified atom stereocenters. The van der Waals surface area contributed by atoms with Crippen molar-refractivity contribution in [3.63, 3.8) is 0 Å². The van der Waals surface area contributed by atoms with Crippen molar-refractivity contribution < 1.29 is 0 Å². The Hall–Kier alpha value is -3.15. The minimum Gasteiger partial charge on any atom is -0.241 e. The molecule has 21 heavy (non-hydrogen) atoms. The molecular formula is C15H12N6. The Bertz CT molecular complexity index is 701. The summed E-state index contributed by atoms with van der Waals surface area (Å²) in [6, 6.07) is 11.8. The monoisotopic (exact) mass is 276 g/mol. The highest BCUT2D eigenvalue weighted by Gasteiger charge is 2.07. The molecule has 1 aromatic carbocycles. The summed E-state index contributed by atoms with van der Waals surface area (Å²) in [5, 5.41) is 12.9. The fourth-order valence-electron chi connectivity index (χ4n) is 2.24. The summed E-state index contributed by atoms with van der Waals surface area (Å²) in [6.45, 7) is 0. The van der Waals surface area contributed by atoms with Gasteiger partial charge in [-0.1, -0.05) is 0 Å². The highest BCUT2D eigenvalue weighted by Crippen LogP contribution is 2.19. The van der Waals surface area contributed by atoms with Gasteiger partial charge < -0.3 is 0 Å². The maximum absolute atomic E-state index is 4.29. The lowest BCUT2D eigenvalue weighted by Gasteiger charge is -2.10. The molecule has 3 aromatic heterocycles. The van der Waals surface area contributed by atoms with E-state index in [1.54, 1.807) is 18.6 Å². The van der Waals surface area contributed by atoms with Gasteiger partial charge in [0.25, 0.3) is 0 Å². The van der Waals surface area contributed by atoms with Gasteiger partial charge in [0.15, 0.2) is 0 Å². The zero-order chi connectivity index (χ0) is 14.1. The minimum atomic E-state index is 0.957. The van der Waals surface area contributed by atoms with Gasteiger partial charge in [0.2, 0.25) is 0 Å². The Kier molecular flexibility index (Phi) is 2.64. The first kappa shape index (κ1) is 11.7. The number of nitrogens with zero attached hydrogens (tertiary/aromatic N) is 6. The van der Waals surface area contributed by atoms with Crippen molar-refractivity contribution in [1.82, 2.24) is 29.3 Å². The van der Waals surface area contributed by atoms with Gasteiger partial charge in [0.1, 0.15) is 0 Å². The smallest absolute Gasteiger partial charge is 0.0688 e. The van der Waals surface area contributed by atoms with Gasteiger partial charge in [-0.2, -0.15) is 15.3 Å². The van der Waals surface area contributed by atoms with Crippen LogP contribution in [-0.2, 0) is 0 Å². The predicted octanol–water partition coefficient (Wildman–Crippen LogP) is 2.24. The number of benzene rings is 1. The normalized spacial score (nSPS) is 10.9. The third kappa shape index (κ3) is 2.12. The molecule has 0 amide bonds. The number of hydrogen-bond acceptors (Lipinski definition) is 3. The van der Waals surface area contributed by atoms with Crippen LogP contribution >= 0.6 is 0 Å². The number of rotatable bonds is 3. The van der Waals surface area contributed by atoms with Crippen LogP contribution in [0.2, 0.25) is 0 Å². The van der Waals surface area contributed by atoms with E-state index in [4.69, 9.17) is 0 Å². The van der Waals surface area contributed by atoms with E-state index in [1.165, 1.54) is 0 Å². The highest BCUT2D eigenvalue weighted by molar-refractivity contribution is 5.52. The van der Waals surface area contributed by atoms with Crippen molar-refractivity contribution in [1.29, 1.82) is 0 Å². The number of hydrogen-bond donors (Lipinski definition) is 0.